The standard InChI is InChI=1S/C62H42N6/c1-64-54-31-37(40-20-24-44-49-29-28-48-43-17-10-11-19-53(43)65(2)60(48)61(49)68(58(44)34-40)42-15-8-5-9-16-42)22-26-46(54)51-36-59-52(35-56(51)64)47-27-23-39(33-57(47)67(59)41-13-6-4-7-14-41)38-21-25-45-50-18-12-30-63-62(50)66(3)55(45)32-38/h4-36H,1-3H3. The molecule has 6 aromatic heterocycles. The van der Waals surface area contributed by atoms with Crippen LogP contribution in [0.1, 0.15) is 0 Å². The molecule has 0 spiro atoms. The van der Waals surface area contributed by atoms with Crippen molar-refractivity contribution in [2.24, 2.45) is 21.1 Å². The third-order valence-electron chi connectivity index (χ3n) is 15.1. The van der Waals surface area contributed by atoms with Crippen molar-refractivity contribution in [2.45, 2.75) is 0 Å². The summed E-state index contributed by atoms with van der Waals surface area (Å²) in [6, 6.07) is 71.9. The molecule has 0 saturated carbocycles. The molecular formula is C62H42N6. The van der Waals surface area contributed by atoms with E-state index in [1.807, 2.05) is 12.3 Å². The lowest BCUT2D eigenvalue weighted by Crippen LogP contribution is -1.96. The Balaban J connectivity index is 0.910. The number of aromatic nitrogens is 6. The van der Waals surface area contributed by atoms with Gasteiger partial charge in [-0.3, -0.25) is 0 Å². The van der Waals surface area contributed by atoms with E-state index in [1.165, 1.54) is 126 Å². The monoisotopic (exact) mass is 870 g/mol. The first-order chi connectivity index (χ1) is 33.5. The van der Waals surface area contributed by atoms with Gasteiger partial charge < -0.3 is 22.8 Å². The number of pyridine rings is 1. The van der Waals surface area contributed by atoms with Gasteiger partial charge in [0.1, 0.15) is 5.65 Å². The summed E-state index contributed by atoms with van der Waals surface area (Å²) < 4.78 is 11.9. The molecule has 0 amide bonds. The Bertz CT molecular complexity index is 4630. The first-order valence-corrected chi connectivity index (χ1v) is 23.4. The third-order valence-corrected chi connectivity index (χ3v) is 15.1. The van der Waals surface area contributed by atoms with Crippen molar-refractivity contribution in [2.75, 3.05) is 0 Å². The van der Waals surface area contributed by atoms with Crippen LogP contribution in [0.25, 0.3) is 143 Å². The van der Waals surface area contributed by atoms with Crippen LogP contribution in [0.15, 0.2) is 200 Å². The summed E-state index contributed by atoms with van der Waals surface area (Å²) in [6.07, 6.45) is 1.87. The van der Waals surface area contributed by atoms with E-state index in [0.29, 0.717) is 0 Å². The van der Waals surface area contributed by atoms with Crippen LogP contribution >= 0.6 is 0 Å². The number of hydrogen-bond donors (Lipinski definition) is 0. The summed E-state index contributed by atoms with van der Waals surface area (Å²) >= 11 is 0. The fourth-order valence-corrected chi connectivity index (χ4v) is 11.9. The first-order valence-electron chi connectivity index (χ1n) is 23.4. The lowest BCUT2D eigenvalue weighted by molar-refractivity contribution is 0.990. The van der Waals surface area contributed by atoms with Gasteiger partial charge in [0.05, 0.1) is 33.1 Å². The SMILES string of the molecule is Cn1c2cc(-c3ccc4c5ccc6c7ccccc7n(C)c6c5n(-c5ccccc5)c4c3)ccc2c2cc3c(cc21)c1ccc(-c2ccc4c5cccnc5n(C)c4c2)cc1n3-c1ccccc1. The van der Waals surface area contributed by atoms with Gasteiger partial charge in [0.25, 0.3) is 0 Å². The predicted octanol–water partition coefficient (Wildman–Crippen LogP) is 15.5. The summed E-state index contributed by atoms with van der Waals surface area (Å²) in [6.45, 7) is 0. The number of rotatable bonds is 4. The number of nitrogens with zero attached hydrogens (tertiary/aromatic N) is 6. The molecule has 0 unspecified atom stereocenters. The number of hydrogen-bond acceptors (Lipinski definition) is 1. The van der Waals surface area contributed by atoms with Crippen molar-refractivity contribution in [1.29, 1.82) is 0 Å². The molecule has 68 heavy (non-hydrogen) atoms. The highest BCUT2D eigenvalue weighted by Crippen LogP contribution is 2.44. The molecule has 0 fully saturated rings. The molecule has 0 bridgehead atoms. The molecule has 0 aliphatic rings. The average Bonchev–Trinajstić information content (AvgIpc) is 4.15. The van der Waals surface area contributed by atoms with Gasteiger partial charge in [-0.05, 0) is 101 Å². The molecule has 0 atom stereocenters. The van der Waals surface area contributed by atoms with Crippen LogP contribution in [0.3, 0.4) is 0 Å². The van der Waals surface area contributed by atoms with Crippen LogP contribution in [-0.4, -0.2) is 27.8 Å². The van der Waals surface area contributed by atoms with E-state index in [-0.39, 0.29) is 0 Å². The second kappa shape index (κ2) is 13.6. The summed E-state index contributed by atoms with van der Waals surface area (Å²) in [4.78, 5) is 4.69. The normalized spacial score (nSPS) is 12.3. The van der Waals surface area contributed by atoms with E-state index >= 15 is 0 Å². The molecule has 0 aliphatic heterocycles. The molecule has 15 rings (SSSR count). The van der Waals surface area contributed by atoms with Gasteiger partial charge in [0.15, 0.2) is 0 Å². The lowest BCUT2D eigenvalue weighted by atomic mass is 10.0. The molecule has 6 nitrogen and oxygen atoms in total. The molecule has 0 aliphatic carbocycles. The Morgan fingerprint density at radius 1 is 0.279 bits per heavy atom. The van der Waals surface area contributed by atoms with Gasteiger partial charge in [-0.25, -0.2) is 4.98 Å². The van der Waals surface area contributed by atoms with Crippen molar-refractivity contribution in [3.8, 4) is 33.6 Å². The summed E-state index contributed by atoms with van der Waals surface area (Å²) in [7, 11) is 6.54. The Labute approximate surface area is 390 Å². The molecule has 0 saturated heterocycles. The highest BCUT2D eigenvalue weighted by Gasteiger charge is 2.22. The maximum absolute atomic E-state index is 4.69. The van der Waals surface area contributed by atoms with Crippen LogP contribution in [0.5, 0.6) is 0 Å². The molecule has 0 N–H and O–H groups in total. The topological polar surface area (TPSA) is 37.5 Å². The quantitative estimate of drug-likeness (QED) is 0.174. The van der Waals surface area contributed by atoms with E-state index in [4.69, 9.17) is 4.98 Å². The smallest absolute Gasteiger partial charge is 0.140 e. The summed E-state index contributed by atoms with van der Waals surface area (Å²) in [5.74, 6) is 0. The van der Waals surface area contributed by atoms with Crippen LogP contribution in [0, 0.1) is 0 Å². The Hall–Kier alpha value is -8.87. The van der Waals surface area contributed by atoms with E-state index in [1.54, 1.807) is 0 Å². The van der Waals surface area contributed by atoms with Crippen molar-refractivity contribution in [3.05, 3.63) is 200 Å². The number of para-hydroxylation sites is 3. The van der Waals surface area contributed by atoms with Crippen LogP contribution in [0.4, 0.5) is 0 Å². The molecule has 6 heteroatoms. The fourth-order valence-electron chi connectivity index (χ4n) is 11.9. The average molecular weight is 871 g/mol. The minimum absolute atomic E-state index is 1.00. The van der Waals surface area contributed by atoms with E-state index < -0.39 is 0 Å². The Morgan fingerprint density at radius 3 is 1.38 bits per heavy atom. The summed E-state index contributed by atoms with van der Waals surface area (Å²) in [5.41, 5.74) is 19.0. The second-order valence-electron chi connectivity index (χ2n) is 18.6. The molecule has 9 aromatic carbocycles. The van der Waals surface area contributed by atoms with E-state index in [9.17, 15) is 0 Å². The summed E-state index contributed by atoms with van der Waals surface area (Å²) in [5, 5.41) is 12.4. The third kappa shape index (κ3) is 4.98. The van der Waals surface area contributed by atoms with Gasteiger partial charge in [-0.1, -0.05) is 115 Å². The van der Waals surface area contributed by atoms with Gasteiger partial charge >= 0.3 is 0 Å². The maximum atomic E-state index is 4.69. The van der Waals surface area contributed by atoms with Crippen molar-refractivity contribution in [1.82, 2.24) is 27.8 Å². The van der Waals surface area contributed by atoms with Crippen molar-refractivity contribution < 1.29 is 0 Å². The van der Waals surface area contributed by atoms with Crippen LogP contribution in [0.2, 0.25) is 0 Å². The van der Waals surface area contributed by atoms with Gasteiger partial charge in [-0.2, -0.15) is 0 Å². The second-order valence-corrected chi connectivity index (χ2v) is 18.6. The number of fused-ring (bicyclic) bond motifs is 16. The Kier molecular flexibility index (Phi) is 7.47. The van der Waals surface area contributed by atoms with Gasteiger partial charge in [0, 0.05) is 109 Å². The minimum atomic E-state index is 1.00. The zero-order valence-electron chi connectivity index (χ0n) is 37.7. The van der Waals surface area contributed by atoms with Crippen LogP contribution in [-0.2, 0) is 21.1 Å². The number of benzene rings is 9. The van der Waals surface area contributed by atoms with Gasteiger partial charge in [-0.15, -0.1) is 0 Å². The van der Waals surface area contributed by atoms with Gasteiger partial charge in [0.2, 0.25) is 0 Å². The van der Waals surface area contributed by atoms with Crippen molar-refractivity contribution >= 4 is 109 Å². The zero-order chi connectivity index (χ0) is 44.9. The highest BCUT2D eigenvalue weighted by molar-refractivity contribution is 6.24. The zero-order valence-corrected chi connectivity index (χ0v) is 37.7. The molecule has 6 heterocycles. The highest BCUT2D eigenvalue weighted by atomic mass is 15.0. The predicted molar refractivity (Wildman–Crippen MR) is 286 cm³/mol. The van der Waals surface area contributed by atoms with Crippen LogP contribution < -0.4 is 0 Å². The number of aryl methyl sites for hydroxylation is 3. The van der Waals surface area contributed by atoms with Crippen molar-refractivity contribution in [3.63, 3.8) is 0 Å². The molecule has 15 aromatic rings. The molecule has 0 radical (unpaired) electrons. The first kappa shape index (κ1) is 37.4. The largest absolute Gasteiger partial charge is 0.344 e. The van der Waals surface area contributed by atoms with E-state index in [0.717, 1.165) is 17.0 Å². The molecular weight excluding hydrogens is 829 g/mol. The lowest BCUT2D eigenvalue weighted by Gasteiger charge is -2.11. The maximum Gasteiger partial charge on any atom is 0.140 e. The van der Waals surface area contributed by atoms with E-state index in [2.05, 4.69) is 232 Å². The fraction of sp³-hybridized carbons (Fsp3) is 0.0484. The molecule has 320 valence electrons. The Morgan fingerprint density at radius 2 is 0.706 bits per heavy atom. The minimum Gasteiger partial charge on any atom is -0.344 e.